The SMILES string of the molecule is C[C@@H]1Cn2c(c(C(=O)NCc3ccccc3-c3ncccn3)n(-c3ccc(OC4CC4)cc3)c2=O)CN1C(=O)c1ccc(Br)c(C#N)c1. The lowest BCUT2D eigenvalue weighted by atomic mass is 10.1. The first kappa shape index (κ1) is 31.1. The minimum atomic E-state index is -0.472. The molecule has 2 aromatic heterocycles. The monoisotopic (exact) mass is 703 g/mol. The Bertz CT molecular complexity index is 2130. The summed E-state index contributed by atoms with van der Waals surface area (Å²) in [6.45, 7) is 2.21. The Labute approximate surface area is 284 Å². The molecule has 1 aliphatic carbocycles. The number of halogens is 1. The number of aromatic nitrogens is 4. The third-order valence-corrected chi connectivity index (χ3v) is 9.23. The summed E-state index contributed by atoms with van der Waals surface area (Å²) in [4.78, 5) is 52.5. The van der Waals surface area contributed by atoms with E-state index >= 15 is 0 Å². The molecule has 2 amide bonds. The Morgan fingerprint density at radius 2 is 1.79 bits per heavy atom. The molecule has 1 saturated carbocycles. The molecule has 3 heterocycles. The van der Waals surface area contributed by atoms with Crippen molar-refractivity contribution in [3.8, 4) is 28.9 Å². The molecule has 7 rings (SSSR count). The van der Waals surface area contributed by atoms with Gasteiger partial charge in [-0.1, -0.05) is 24.3 Å². The maximum atomic E-state index is 14.2. The fraction of sp³-hybridized carbons (Fsp3) is 0.222. The number of imidazole rings is 1. The Balaban J connectivity index is 1.26. The van der Waals surface area contributed by atoms with Crippen molar-refractivity contribution < 1.29 is 14.3 Å². The van der Waals surface area contributed by atoms with Crippen LogP contribution in [-0.2, 0) is 19.6 Å². The normalized spacial score (nSPS) is 15.4. The summed E-state index contributed by atoms with van der Waals surface area (Å²) in [7, 11) is 0. The predicted octanol–water partition coefficient (Wildman–Crippen LogP) is 5.25. The molecule has 5 aromatic rings. The Morgan fingerprint density at radius 3 is 2.52 bits per heavy atom. The second-order valence-corrected chi connectivity index (χ2v) is 12.7. The number of nitriles is 1. The van der Waals surface area contributed by atoms with Crippen LogP contribution in [0.5, 0.6) is 5.75 Å². The maximum Gasteiger partial charge on any atom is 0.333 e. The Hall–Kier alpha value is -5.54. The van der Waals surface area contributed by atoms with Gasteiger partial charge < -0.3 is 15.0 Å². The van der Waals surface area contributed by atoms with Crippen LogP contribution in [0.4, 0.5) is 0 Å². The average Bonchev–Trinajstić information content (AvgIpc) is 3.89. The van der Waals surface area contributed by atoms with Gasteiger partial charge in [-0.15, -0.1) is 0 Å². The van der Waals surface area contributed by atoms with Gasteiger partial charge in [0.05, 0.1) is 29.6 Å². The largest absolute Gasteiger partial charge is 0.490 e. The number of nitrogens with one attached hydrogen (secondary N) is 1. The number of rotatable bonds is 8. The fourth-order valence-corrected chi connectivity index (χ4v) is 6.25. The number of hydrogen-bond donors (Lipinski definition) is 1. The molecule has 0 saturated heterocycles. The zero-order valence-corrected chi connectivity index (χ0v) is 27.6. The van der Waals surface area contributed by atoms with E-state index in [1.165, 1.54) is 4.57 Å². The fourth-order valence-electron chi connectivity index (χ4n) is 5.91. The lowest BCUT2D eigenvalue weighted by Gasteiger charge is -2.34. The maximum absolute atomic E-state index is 14.2. The van der Waals surface area contributed by atoms with Crippen LogP contribution in [0.1, 0.15) is 57.4 Å². The van der Waals surface area contributed by atoms with Gasteiger partial charge >= 0.3 is 5.69 Å². The molecule has 1 fully saturated rings. The molecule has 1 atom stereocenters. The van der Waals surface area contributed by atoms with Crippen LogP contribution in [0.25, 0.3) is 17.1 Å². The van der Waals surface area contributed by atoms with Crippen molar-refractivity contribution in [1.29, 1.82) is 5.26 Å². The van der Waals surface area contributed by atoms with Gasteiger partial charge in [-0.2, -0.15) is 5.26 Å². The van der Waals surface area contributed by atoms with E-state index in [4.69, 9.17) is 4.74 Å². The number of amides is 2. The second-order valence-electron chi connectivity index (χ2n) is 11.8. The average molecular weight is 705 g/mol. The van der Waals surface area contributed by atoms with Crippen LogP contribution < -0.4 is 15.7 Å². The van der Waals surface area contributed by atoms with Crippen molar-refractivity contribution in [2.75, 3.05) is 0 Å². The number of benzene rings is 3. The molecule has 0 bridgehead atoms. The number of carbonyl (C=O) groups excluding carboxylic acids is 2. The Morgan fingerprint density at radius 1 is 1.04 bits per heavy atom. The summed E-state index contributed by atoms with van der Waals surface area (Å²) in [5, 5.41) is 12.5. The van der Waals surface area contributed by atoms with Gasteiger partial charge in [0.1, 0.15) is 17.5 Å². The van der Waals surface area contributed by atoms with E-state index in [2.05, 4.69) is 37.3 Å². The highest BCUT2D eigenvalue weighted by Gasteiger charge is 2.35. The molecule has 0 unspecified atom stereocenters. The highest BCUT2D eigenvalue weighted by atomic mass is 79.9. The smallest absolute Gasteiger partial charge is 0.333 e. The van der Waals surface area contributed by atoms with Crippen LogP contribution >= 0.6 is 15.9 Å². The third kappa shape index (κ3) is 6.00. The van der Waals surface area contributed by atoms with Crippen LogP contribution in [0.3, 0.4) is 0 Å². The van der Waals surface area contributed by atoms with Gasteiger partial charge in [-0.05, 0) is 89.8 Å². The molecule has 240 valence electrons. The Kier molecular flexibility index (Phi) is 8.37. The molecule has 12 heteroatoms. The summed E-state index contributed by atoms with van der Waals surface area (Å²) < 4.78 is 9.49. The number of carbonyl (C=O) groups is 2. The lowest BCUT2D eigenvalue weighted by molar-refractivity contribution is 0.0610. The summed E-state index contributed by atoms with van der Waals surface area (Å²) in [5.74, 6) is 0.452. The molecule has 3 aromatic carbocycles. The van der Waals surface area contributed by atoms with E-state index in [1.54, 1.807) is 70.4 Å². The lowest BCUT2D eigenvalue weighted by Crippen LogP contribution is -2.47. The summed E-state index contributed by atoms with van der Waals surface area (Å²) in [6.07, 6.45) is 5.57. The van der Waals surface area contributed by atoms with Crippen molar-refractivity contribution in [3.63, 3.8) is 0 Å². The van der Waals surface area contributed by atoms with Gasteiger partial charge in [0.2, 0.25) is 0 Å². The van der Waals surface area contributed by atoms with E-state index in [0.717, 1.165) is 24.0 Å². The first-order valence-electron chi connectivity index (χ1n) is 15.6. The summed E-state index contributed by atoms with van der Waals surface area (Å²) in [6, 6.07) is 23.0. The molecule has 1 aliphatic heterocycles. The van der Waals surface area contributed by atoms with E-state index < -0.39 is 5.91 Å². The standard InChI is InChI=1S/C36H30BrN7O4/c1-22-20-43-31(21-42(22)35(46)23-7-14-30(37)25(17-23)18-38)32(44(36(43)47)26-8-10-27(11-9-26)48-28-12-13-28)34(45)41-19-24-5-2-3-6-29(24)33-39-15-4-16-40-33/h2-11,14-17,22,28H,12-13,19-21H2,1H3,(H,41,45)/t22-/m1/s1. The topological polar surface area (TPSA) is 135 Å². The van der Waals surface area contributed by atoms with Crippen molar-refractivity contribution in [1.82, 2.24) is 29.3 Å². The minimum Gasteiger partial charge on any atom is -0.490 e. The van der Waals surface area contributed by atoms with Crippen molar-refractivity contribution in [3.05, 3.63) is 128 Å². The second kappa shape index (κ2) is 12.9. The van der Waals surface area contributed by atoms with Gasteiger partial charge in [-0.25, -0.2) is 14.8 Å². The molecule has 0 spiro atoms. The van der Waals surface area contributed by atoms with E-state index in [-0.39, 0.29) is 49.1 Å². The van der Waals surface area contributed by atoms with E-state index in [1.807, 2.05) is 31.2 Å². The zero-order chi connectivity index (χ0) is 33.4. The van der Waals surface area contributed by atoms with Crippen LogP contribution in [-0.4, -0.2) is 48.0 Å². The van der Waals surface area contributed by atoms with Gasteiger partial charge in [0, 0.05) is 47.1 Å². The molecule has 2 aliphatic rings. The third-order valence-electron chi connectivity index (χ3n) is 8.54. The summed E-state index contributed by atoms with van der Waals surface area (Å²) in [5.41, 5.74) is 2.94. The number of nitrogens with zero attached hydrogens (tertiary/aromatic N) is 6. The first-order valence-corrected chi connectivity index (χ1v) is 16.4. The van der Waals surface area contributed by atoms with Gasteiger partial charge in [0.15, 0.2) is 5.82 Å². The van der Waals surface area contributed by atoms with E-state index in [9.17, 15) is 19.6 Å². The molecule has 48 heavy (non-hydrogen) atoms. The number of ether oxygens (including phenoxy) is 1. The first-order chi connectivity index (χ1) is 23.3. The number of hydrogen-bond acceptors (Lipinski definition) is 7. The predicted molar refractivity (Wildman–Crippen MR) is 181 cm³/mol. The zero-order valence-electron chi connectivity index (χ0n) is 26.0. The van der Waals surface area contributed by atoms with Crippen molar-refractivity contribution in [2.24, 2.45) is 0 Å². The van der Waals surface area contributed by atoms with Crippen LogP contribution in [0.15, 0.2) is 94.5 Å². The van der Waals surface area contributed by atoms with Crippen LogP contribution in [0.2, 0.25) is 0 Å². The minimum absolute atomic E-state index is 0.0141. The molecule has 11 nitrogen and oxygen atoms in total. The van der Waals surface area contributed by atoms with Gasteiger partial charge in [0.25, 0.3) is 11.8 Å². The van der Waals surface area contributed by atoms with Gasteiger partial charge in [-0.3, -0.25) is 18.7 Å². The van der Waals surface area contributed by atoms with Crippen molar-refractivity contribution >= 4 is 27.7 Å². The number of fused-ring (bicyclic) bond motifs is 1. The molecular weight excluding hydrogens is 674 g/mol. The van der Waals surface area contributed by atoms with Crippen molar-refractivity contribution in [2.45, 2.75) is 51.5 Å². The van der Waals surface area contributed by atoms with Crippen LogP contribution in [0, 0.1) is 11.3 Å². The molecule has 1 N–H and O–H groups in total. The molecular formula is C36H30BrN7O4. The quantitative estimate of drug-likeness (QED) is 0.233. The highest BCUT2D eigenvalue weighted by molar-refractivity contribution is 9.10. The highest BCUT2D eigenvalue weighted by Crippen LogP contribution is 2.29. The van der Waals surface area contributed by atoms with E-state index in [0.29, 0.717) is 38.6 Å². The molecule has 0 radical (unpaired) electrons. The summed E-state index contributed by atoms with van der Waals surface area (Å²) >= 11 is 3.35.